The smallest absolute Gasteiger partial charge is 0.161 e. The zero-order valence-corrected chi connectivity index (χ0v) is 15.3. The molecule has 2 rings (SSSR count). The van der Waals surface area contributed by atoms with Gasteiger partial charge >= 0.3 is 0 Å². The Balaban J connectivity index is 1.81. The number of ketones is 1. The molecule has 0 amide bonds. The molecule has 0 aliphatic rings. The molecule has 0 heterocycles. The van der Waals surface area contributed by atoms with E-state index in [0.29, 0.717) is 30.2 Å². The molecule has 1 atom stereocenters. The topological polar surface area (TPSA) is 77.0 Å². The lowest BCUT2D eigenvalue weighted by atomic mass is 10.1. The first kappa shape index (κ1) is 19.8. The number of carbonyl (C=O) groups excluding carboxylic acids is 1. The second kappa shape index (κ2) is 9.79. The molecule has 0 saturated carbocycles. The Kier molecular flexibility index (Phi) is 7.44. The summed E-state index contributed by atoms with van der Waals surface area (Å²) in [6.45, 7) is 2.60. The molecule has 0 radical (unpaired) electrons. The zero-order valence-electron chi connectivity index (χ0n) is 15.3. The van der Waals surface area contributed by atoms with E-state index in [-0.39, 0.29) is 12.4 Å². The van der Waals surface area contributed by atoms with E-state index in [9.17, 15) is 9.90 Å². The summed E-state index contributed by atoms with van der Waals surface area (Å²) in [6, 6.07) is 12.7. The maximum Gasteiger partial charge on any atom is 0.161 e. The number of methoxy groups -OCH3 is 2. The summed E-state index contributed by atoms with van der Waals surface area (Å²) < 4.78 is 16.0. The molecule has 0 saturated heterocycles. The molecule has 0 bridgehead atoms. The van der Waals surface area contributed by atoms with E-state index in [0.717, 1.165) is 11.3 Å². The monoisotopic (exact) mass is 359 g/mol. The fourth-order valence-corrected chi connectivity index (χ4v) is 2.42. The van der Waals surface area contributed by atoms with Crippen molar-refractivity contribution >= 4 is 5.78 Å². The lowest BCUT2D eigenvalue weighted by Gasteiger charge is -2.15. The lowest BCUT2D eigenvalue weighted by molar-refractivity contribution is 0.101. The van der Waals surface area contributed by atoms with Crippen molar-refractivity contribution < 1.29 is 24.1 Å². The molecular formula is C20H25NO5. The van der Waals surface area contributed by atoms with Crippen LogP contribution in [-0.2, 0) is 6.54 Å². The Bertz CT molecular complexity index is 732. The Hall–Kier alpha value is -2.57. The van der Waals surface area contributed by atoms with Gasteiger partial charge in [-0.3, -0.25) is 4.79 Å². The minimum atomic E-state index is -0.683. The van der Waals surface area contributed by atoms with Crippen LogP contribution >= 0.6 is 0 Å². The van der Waals surface area contributed by atoms with Crippen LogP contribution in [0.2, 0.25) is 0 Å². The molecule has 0 unspecified atom stereocenters. The number of Topliss-reactive ketones (excluding diaryl/α,β-unsaturated/α-hetero) is 1. The van der Waals surface area contributed by atoms with Gasteiger partial charge in [-0.1, -0.05) is 12.1 Å². The van der Waals surface area contributed by atoms with Gasteiger partial charge in [-0.2, -0.15) is 0 Å². The van der Waals surface area contributed by atoms with E-state index in [1.807, 2.05) is 24.3 Å². The Morgan fingerprint density at radius 1 is 1.12 bits per heavy atom. The van der Waals surface area contributed by atoms with Crippen LogP contribution in [0, 0.1) is 0 Å². The maximum atomic E-state index is 11.4. The predicted octanol–water partition coefficient (Wildman–Crippen LogP) is 2.44. The summed E-state index contributed by atoms with van der Waals surface area (Å²) in [6.07, 6.45) is -0.683. The molecule has 0 aliphatic carbocycles. The van der Waals surface area contributed by atoms with Gasteiger partial charge in [-0.25, -0.2) is 0 Å². The van der Waals surface area contributed by atoms with Gasteiger partial charge in [0.15, 0.2) is 17.3 Å². The molecule has 6 heteroatoms. The van der Waals surface area contributed by atoms with Crippen molar-refractivity contribution in [3.63, 3.8) is 0 Å². The SMILES string of the molecule is COc1cccc(CNC[C@@H](O)COc2ccc(C(C)=O)cc2OC)c1. The summed E-state index contributed by atoms with van der Waals surface area (Å²) in [5.74, 6) is 1.71. The third-order valence-electron chi connectivity index (χ3n) is 3.84. The predicted molar refractivity (Wildman–Crippen MR) is 99.2 cm³/mol. The molecule has 0 fully saturated rings. The highest BCUT2D eigenvalue weighted by molar-refractivity contribution is 5.94. The number of aliphatic hydroxyl groups excluding tert-OH is 1. The maximum absolute atomic E-state index is 11.4. The fraction of sp³-hybridized carbons (Fsp3) is 0.350. The van der Waals surface area contributed by atoms with Gasteiger partial charge in [0.1, 0.15) is 18.5 Å². The Morgan fingerprint density at radius 2 is 1.92 bits per heavy atom. The third kappa shape index (κ3) is 5.75. The van der Waals surface area contributed by atoms with Crippen molar-refractivity contribution in [2.75, 3.05) is 27.4 Å². The molecule has 0 aliphatic heterocycles. The largest absolute Gasteiger partial charge is 0.497 e. The summed E-state index contributed by atoms with van der Waals surface area (Å²) in [4.78, 5) is 11.4. The van der Waals surface area contributed by atoms with E-state index in [1.165, 1.54) is 14.0 Å². The quantitative estimate of drug-likeness (QED) is 0.635. The highest BCUT2D eigenvalue weighted by atomic mass is 16.5. The lowest BCUT2D eigenvalue weighted by Crippen LogP contribution is -2.31. The molecule has 6 nitrogen and oxygen atoms in total. The molecular weight excluding hydrogens is 334 g/mol. The van der Waals surface area contributed by atoms with E-state index >= 15 is 0 Å². The molecule has 2 N–H and O–H groups in total. The Morgan fingerprint density at radius 3 is 2.62 bits per heavy atom. The van der Waals surface area contributed by atoms with Crippen LogP contribution in [0.5, 0.6) is 17.2 Å². The van der Waals surface area contributed by atoms with Gasteiger partial charge in [0, 0.05) is 18.7 Å². The van der Waals surface area contributed by atoms with Crippen LogP contribution in [0.1, 0.15) is 22.8 Å². The average molecular weight is 359 g/mol. The molecule has 0 spiro atoms. The fourth-order valence-electron chi connectivity index (χ4n) is 2.42. The number of carbonyl (C=O) groups is 1. The minimum Gasteiger partial charge on any atom is -0.497 e. The van der Waals surface area contributed by atoms with Crippen LogP contribution in [-0.4, -0.2) is 44.4 Å². The van der Waals surface area contributed by atoms with Crippen molar-refractivity contribution in [1.29, 1.82) is 0 Å². The standard InChI is InChI=1S/C20H25NO5/c1-14(22)16-7-8-19(20(10-16)25-3)26-13-17(23)12-21-11-15-5-4-6-18(9-15)24-2/h4-10,17,21,23H,11-13H2,1-3H3/t17-/m1/s1. The number of ether oxygens (including phenoxy) is 3. The van der Waals surface area contributed by atoms with Crippen LogP contribution in [0.4, 0.5) is 0 Å². The second-order valence-corrected chi connectivity index (χ2v) is 5.87. The van der Waals surface area contributed by atoms with E-state index in [1.54, 1.807) is 25.3 Å². The van der Waals surface area contributed by atoms with Crippen molar-refractivity contribution in [3.05, 3.63) is 53.6 Å². The van der Waals surface area contributed by atoms with Crippen molar-refractivity contribution in [2.45, 2.75) is 19.6 Å². The molecule has 2 aromatic carbocycles. The number of rotatable bonds is 10. The van der Waals surface area contributed by atoms with E-state index in [4.69, 9.17) is 14.2 Å². The summed E-state index contributed by atoms with van der Waals surface area (Å²) >= 11 is 0. The van der Waals surface area contributed by atoms with E-state index in [2.05, 4.69) is 5.32 Å². The van der Waals surface area contributed by atoms with Crippen LogP contribution < -0.4 is 19.5 Å². The van der Waals surface area contributed by atoms with E-state index < -0.39 is 6.10 Å². The summed E-state index contributed by atoms with van der Waals surface area (Å²) in [5.41, 5.74) is 1.62. The molecule has 2 aromatic rings. The summed E-state index contributed by atoms with van der Waals surface area (Å²) in [5, 5.41) is 13.3. The van der Waals surface area contributed by atoms with Gasteiger partial charge in [0.25, 0.3) is 0 Å². The first-order valence-electron chi connectivity index (χ1n) is 8.37. The minimum absolute atomic E-state index is 0.0448. The van der Waals surface area contributed by atoms with Gasteiger partial charge in [0.2, 0.25) is 0 Å². The van der Waals surface area contributed by atoms with Gasteiger partial charge in [-0.05, 0) is 42.8 Å². The molecule has 0 aromatic heterocycles. The average Bonchev–Trinajstić information content (AvgIpc) is 2.66. The highest BCUT2D eigenvalue weighted by Gasteiger charge is 2.11. The van der Waals surface area contributed by atoms with Crippen molar-refractivity contribution in [1.82, 2.24) is 5.32 Å². The van der Waals surface area contributed by atoms with Crippen LogP contribution in [0.3, 0.4) is 0 Å². The van der Waals surface area contributed by atoms with Gasteiger partial charge in [-0.15, -0.1) is 0 Å². The van der Waals surface area contributed by atoms with Crippen molar-refractivity contribution in [2.24, 2.45) is 0 Å². The number of benzene rings is 2. The van der Waals surface area contributed by atoms with Gasteiger partial charge < -0.3 is 24.6 Å². The Labute approximate surface area is 153 Å². The van der Waals surface area contributed by atoms with Crippen LogP contribution in [0.15, 0.2) is 42.5 Å². The third-order valence-corrected chi connectivity index (χ3v) is 3.84. The highest BCUT2D eigenvalue weighted by Crippen LogP contribution is 2.28. The van der Waals surface area contributed by atoms with Gasteiger partial charge in [0.05, 0.1) is 14.2 Å². The first-order chi connectivity index (χ1) is 12.5. The normalized spacial score (nSPS) is 11.7. The molecule has 26 heavy (non-hydrogen) atoms. The summed E-state index contributed by atoms with van der Waals surface area (Å²) in [7, 11) is 3.14. The zero-order chi connectivity index (χ0) is 18.9. The number of hydrogen-bond acceptors (Lipinski definition) is 6. The molecule has 140 valence electrons. The number of hydrogen-bond donors (Lipinski definition) is 2. The van der Waals surface area contributed by atoms with Crippen LogP contribution in [0.25, 0.3) is 0 Å². The first-order valence-corrected chi connectivity index (χ1v) is 8.37. The second-order valence-electron chi connectivity index (χ2n) is 5.87. The number of aliphatic hydroxyl groups is 1. The van der Waals surface area contributed by atoms with Crippen molar-refractivity contribution in [3.8, 4) is 17.2 Å². The number of nitrogens with one attached hydrogen (secondary N) is 1.